The fourth-order valence-electron chi connectivity index (χ4n) is 2.46. The summed E-state index contributed by atoms with van der Waals surface area (Å²) in [6, 6.07) is 18.3. The van der Waals surface area contributed by atoms with Crippen molar-refractivity contribution in [2.24, 2.45) is 16.1 Å². The normalized spacial score (nSPS) is 10.3. The van der Waals surface area contributed by atoms with Gasteiger partial charge in [-0.05, 0) is 48.5 Å². The van der Waals surface area contributed by atoms with Crippen LogP contribution in [0.5, 0.6) is 5.75 Å². The molecule has 0 saturated carbocycles. The van der Waals surface area contributed by atoms with Crippen molar-refractivity contribution in [1.29, 1.82) is 5.41 Å². The summed E-state index contributed by atoms with van der Waals surface area (Å²) in [5.41, 5.74) is 11.5. The zero-order valence-corrected chi connectivity index (χ0v) is 15.6. The summed E-state index contributed by atoms with van der Waals surface area (Å²) < 4.78 is 18.2. The lowest BCUT2D eigenvalue weighted by molar-refractivity contribution is 0.414. The number of benzene rings is 3. The van der Waals surface area contributed by atoms with Gasteiger partial charge in [0, 0.05) is 17.2 Å². The van der Waals surface area contributed by atoms with Gasteiger partial charge in [0.1, 0.15) is 17.4 Å². The van der Waals surface area contributed by atoms with Crippen LogP contribution in [0, 0.1) is 23.1 Å². The number of hydrogen-bond donors (Lipinski definition) is 3. The van der Waals surface area contributed by atoms with Crippen LogP contribution in [0.3, 0.4) is 0 Å². The van der Waals surface area contributed by atoms with Gasteiger partial charge in [-0.1, -0.05) is 29.2 Å². The van der Waals surface area contributed by atoms with Gasteiger partial charge in [0.05, 0.1) is 24.0 Å². The average Bonchev–Trinajstić information content (AvgIpc) is 2.74. The lowest BCUT2D eigenvalue weighted by atomic mass is 10.1. The van der Waals surface area contributed by atoms with Crippen molar-refractivity contribution >= 4 is 17.2 Å². The standard InChI is InChI=1S/C22H18FN5O/c1-29-21-14-18(12-13-19(21)22(24)25)26-28-27-20-5-3-2-4-16(20)9-6-15-7-10-17(23)11-8-15/h2-5,7-8,10-14H,1H3,(H3,24,25)(H,26,27). The van der Waals surface area contributed by atoms with E-state index in [0.717, 1.165) is 5.56 Å². The lowest BCUT2D eigenvalue weighted by Gasteiger charge is -2.07. The number of halogens is 1. The van der Waals surface area contributed by atoms with Crippen molar-refractivity contribution < 1.29 is 9.13 Å². The molecule has 0 bridgehead atoms. The third kappa shape index (κ3) is 5.17. The van der Waals surface area contributed by atoms with Gasteiger partial charge in [-0.25, -0.2) is 4.39 Å². The lowest BCUT2D eigenvalue weighted by Crippen LogP contribution is -2.12. The van der Waals surface area contributed by atoms with Crippen LogP contribution in [0.2, 0.25) is 0 Å². The Balaban J connectivity index is 1.76. The molecule has 3 aromatic rings. The number of methoxy groups -OCH3 is 1. The highest BCUT2D eigenvalue weighted by Gasteiger charge is 2.06. The zero-order valence-electron chi connectivity index (χ0n) is 15.6. The van der Waals surface area contributed by atoms with Gasteiger partial charge in [0.25, 0.3) is 0 Å². The number of nitrogens with one attached hydrogen (secondary N) is 2. The van der Waals surface area contributed by atoms with E-state index in [1.54, 1.807) is 30.3 Å². The Kier molecular flexibility index (Phi) is 6.18. The number of rotatable bonds is 5. The molecule has 4 N–H and O–H groups in total. The molecule has 0 spiro atoms. The summed E-state index contributed by atoms with van der Waals surface area (Å²) in [7, 11) is 1.50. The second-order valence-electron chi connectivity index (χ2n) is 5.91. The molecule has 0 aromatic heterocycles. The van der Waals surface area contributed by atoms with E-state index in [1.165, 1.54) is 19.2 Å². The van der Waals surface area contributed by atoms with Crippen LogP contribution in [-0.4, -0.2) is 12.9 Å². The highest BCUT2D eigenvalue weighted by molar-refractivity contribution is 5.98. The molecule has 0 fully saturated rings. The van der Waals surface area contributed by atoms with E-state index in [1.807, 2.05) is 24.3 Å². The summed E-state index contributed by atoms with van der Waals surface area (Å²) in [6.07, 6.45) is 0. The predicted octanol–water partition coefficient (Wildman–Crippen LogP) is 4.63. The summed E-state index contributed by atoms with van der Waals surface area (Å²) in [6.45, 7) is 0. The Bertz CT molecular complexity index is 1110. The second kappa shape index (κ2) is 9.15. The van der Waals surface area contributed by atoms with Crippen molar-refractivity contribution in [3.8, 4) is 17.6 Å². The quantitative estimate of drug-likeness (QED) is 0.196. The Morgan fingerprint density at radius 2 is 1.83 bits per heavy atom. The summed E-state index contributed by atoms with van der Waals surface area (Å²) >= 11 is 0. The van der Waals surface area contributed by atoms with E-state index in [9.17, 15) is 4.39 Å². The van der Waals surface area contributed by atoms with Gasteiger partial charge < -0.3 is 10.5 Å². The number of nitrogens with two attached hydrogens (primary N) is 1. The van der Waals surface area contributed by atoms with E-state index < -0.39 is 0 Å². The predicted molar refractivity (Wildman–Crippen MR) is 111 cm³/mol. The minimum atomic E-state index is -0.300. The second-order valence-corrected chi connectivity index (χ2v) is 5.91. The van der Waals surface area contributed by atoms with Gasteiger partial charge in [-0.3, -0.25) is 10.8 Å². The number of para-hydroxylation sites is 1. The Morgan fingerprint density at radius 3 is 2.55 bits per heavy atom. The monoisotopic (exact) mass is 387 g/mol. The maximum absolute atomic E-state index is 13.0. The minimum absolute atomic E-state index is 0.0860. The molecule has 3 aromatic carbocycles. The average molecular weight is 387 g/mol. The third-order valence-electron chi connectivity index (χ3n) is 3.92. The smallest absolute Gasteiger partial charge is 0.131 e. The van der Waals surface area contributed by atoms with Gasteiger partial charge in [0.2, 0.25) is 0 Å². The van der Waals surface area contributed by atoms with Crippen LogP contribution in [-0.2, 0) is 0 Å². The first kappa shape index (κ1) is 19.6. The number of nitrogens with zero attached hydrogens (tertiary/aromatic N) is 2. The highest BCUT2D eigenvalue weighted by atomic mass is 19.1. The molecular formula is C22H18FN5O. The van der Waals surface area contributed by atoms with Crippen LogP contribution in [0.15, 0.2) is 77.1 Å². The first-order valence-electron chi connectivity index (χ1n) is 8.62. The molecule has 0 aliphatic rings. The van der Waals surface area contributed by atoms with Crippen LogP contribution in [0.25, 0.3) is 0 Å². The van der Waals surface area contributed by atoms with Crippen LogP contribution in [0.4, 0.5) is 15.8 Å². The molecule has 0 unspecified atom stereocenters. The van der Waals surface area contributed by atoms with E-state index in [4.69, 9.17) is 15.9 Å². The van der Waals surface area contributed by atoms with E-state index in [-0.39, 0.29) is 11.7 Å². The molecule has 0 saturated heterocycles. The Labute approximate surface area is 167 Å². The molecule has 0 amide bonds. The van der Waals surface area contributed by atoms with E-state index >= 15 is 0 Å². The number of ether oxygens (including phenoxy) is 1. The molecule has 7 heteroatoms. The molecular weight excluding hydrogens is 369 g/mol. The highest BCUT2D eigenvalue weighted by Crippen LogP contribution is 2.25. The SMILES string of the molecule is COc1cc(/N=N/Nc2ccccc2C#Cc2ccc(F)cc2)ccc1C(=N)N. The van der Waals surface area contributed by atoms with Gasteiger partial charge >= 0.3 is 0 Å². The van der Waals surface area contributed by atoms with Gasteiger partial charge in [0.15, 0.2) is 0 Å². The molecule has 0 atom stereocenters. The van der Waals surface area contributed by atoms with Crippen molar-refractivity contribution in [2.45, 2.75) is 0 Å². The van der Waals surface area contributed by atoms with E-state index in [0.29, 0.717) is 28.3 Å². The van der Waals surface area contributed by atoms with Crippen LogP contribution >= 0.6 is 0 Å². The van der Waals surface area contributed by atoms with Gasteiger partial charge in [-0.2, -0.15) is 0 Å². The molecule has 6 nitrogen and oxygen atoms in total. The molecule has 144 valence electrons. The fraction of sp³-hybridized carbons (Fsp3) is 0.0455. The topological polar surface area (TPSA) is 95.9 Å². The fourth-order valence-corrected chi connectivity index (χ4v) is 2.46. The zero-order chi connectivity index (χ0) is 20.6. The maximum Gasteiger partial charge on any atom is 0.131 e. The van der Waals surface area contributed by atoms with Crippen molar-refractivity contribution in [2.75, 3.05) is 12.5 Å². The molecule has 0 heterocycles. The first-order chi connectivity index (χ1) is 14.1. The summed E-state index contributed by atoms with van der Waals surface area (Å²) in [5.74, 6) is 6.09. The molecule has 0 aliphatic carbocycles. The number of amidine groups is 1. The third-order valence-corrected chi connectivity index (χ3v) is 3.92. The number of hydrogen-bond acceptors (Lipinski definition) is 4. The minimum Gasteiger partial charge on any atom is -0.496 e. The number of anilines is 1. The van der Waals surface area contributed by atoms with E-state index in [2.05, 4.69) is 27.6 Å². The van der Waals surface area contributed by atoms with Crippen LogP contribution < -0.4 is 15.9 Å². The maximum atomic E-state index is 13.0. The van der Waals surface area contributed by atoms with Crippen molar-refractivity contribution in [1.82, 2.24) is 0 Å². The molecule has 0 radical (unpaired) electrons. The van der Waals surface area contributed by atoms with Gasteiger partial charge in [-0.15, -0.1) is 5.11 Å². The van der Waals surface area contributed by atoms with Crippen molar-refractivity contribution in [3.05, 3.63) is 89.2 Å². The first-order valence-corrected chi connectivity index (χ1v) is 8.62. The Morgan fingerprint density at radius 1 is 1.07 bits per heavy atom. The Hall–Kier alpha value is -4.18. The molecule has 0 aliphatic heterocycles. The molecule has 3 rings (SSSR count). The molecule has 29 heavy (non-hydrogen) atoms. The largest absolute Gasteiger partial charge is 0.496 e. The summed E-state index contributed by atoms with van der Waals surface area (Å²) in [5, 5.41) is 15.7. The van der Waals surface area contributed by atoms with Crippen LogP contribution in [0.1, 0.15) is 16.7 Å². The van der Waals surface area contributed by atoms with Crippen molar-refractivity contribution in [3.63, 3.8) is 0 Å². The number of nitrogen functional groups attached to an aromatic ring is 1. The summed E-state index contributed by atoms with van der Waals surface area (Å²) in [4.78, 5) is 0.